The van der Waals surface area contributed by atoms with E-state index in [0.717, 1.165) is 12.1 Å². The van der Waals surface area contributed by atoms with E-state index in [0.29, 0.717) is 0 Å². The van der Waals surface area contributed by atoms with Crippen LogP contribution in [-0.2, 0) is 18.6 Å². The van der Waals surface area contributed by atoms with Gasteiger partial charge in [-0.25, -0.2) is 13.8 Å². The highest BCUT2D eigenvalue weighted by atomic mass is 19.4. The molecule has 0 N–H and O–H groups in total. The topological polar surface area (TPSA) is 34.9 Å². The Balaban J connectivity index is 1.83. The Kier molecular flexibility index (Phi) is 2.81. The van der Waals surface area contributed by atoms with Crippen LogP contribution in [0.1, 0.15) is 30.5 Å². The van der Waals surface area contributed by atoms with Crippen molar-refractivity contribution in [3.8, 4) is 0 Å². The van der Waals surface area contributed by atoms with Crippen LogP contribution in [0.3, 0.4) is 0 Å². The molecular weight excluding hydrogens is 331 g/mol. The van der Waals surface area contributed by atoms with E-state index >= 15 is 0 Å². The monoisotopic (exact) mass is 344 g/mol. The molecule has 0 radical (unpaired) electrons. The van der Waals surface area contributed by atoms with Crippen LogP contribution in [-0.4, -0.2) is 16.0 Å². The van der Waals surface area contributed by atoms with Gasteiger partial charge in [0.05, 0.1) is 16.6 Å². The van der Waals surface area contributed by atoms with Crippen molar-refractivity contribution in [1.29, 1.82) is 0 Å². The maximum absolute atomic E-state index is 13.0. The summed E-state index contributed by atoms with van der Waals surface area (Å²) in [5, 5.41) is 0. The Bertz CT molecular complexity index is 895. The van der Waals surface area contributed by atoms with Crippen molar-refractivity contribution in [3.63, 3.8) is 0 Å². The van der Waals surface area contributed by atoms with Crippen molar-refractivity contribution in [2.24, 2.45) is 12.5 Å². The van der Waals surface area contributed by atoms with Gasteiger partial charge in [-0.15, -0.1) is 0 Å². The average molecular weight is 344 g/mol. The molecule has 2 aromatic rings. The summed E-state index contributed by atoms with van der Waals surface area (Å²) in [7, 11) is 1.46. The Labute approximate surface area is 133 Å². The summed E-state index contributed by atoms with van der Waals surface area (Å²) in [6.45, 7) is 0. The Morgan fingerprint density at radius 3 is 2.38 bits per heavy atom. The second-order valence-corrected chi connectivity index (χ2v) is 7.00. The molecule has 3 fully saturated rings. The number of aryl methyl sites for hydroxylation is 1. The van der Waals surface area contributed by atoms with Gasteiger partial charge in [-0.1, -0.05) is 0 Å². The molecule has 1 heterocycles. The van der Waals surface area contributed by atoms with E-state index in [2.05, 4.69) is 4.98 Å². The summed E-state index contributed by atoms with van der Waals surface area (Å²) < 4.78 is 65.8. The van der Waals surface area contributed by atoms with E-state index in [1.165, 1.54) is 17.7 Å². The summed E-state index contributed by atoms with van der Waals surface area (Å²) in [4.78, 5) is 16.6. The van der Waals surface area contributed by atoms with Gasteiger partial charge in [0.25, 0.3) is 5.56 Å². The number of fused-ring (bicyclic) bond motifs is 1. The van der Waals surface area contributed by atoms with Crippen LogP contribution in [0.25, 0.3) is 11.0 Å². The van der Waals surface area contributed by atoms with Crippen molar-refractivity contribution in [1.82, 2.24) is 9.55 Å². The summed E-state index contributed by atoms with van der Waals surface area (Å²) in [5.74, 6) is 0. The number of aromatic nitrogens is 2. The van der Waals surface area contributed by atoms with Crippen LogP contribution in [0.5, 0.6) is 0 Å². The van der Waals surface area contributed by atoms with Crippen molar-refractivity contribution in [2.45, 2.75) is 37.3 Å². The fraction of sp³-hybridized carbons (Fsp3) is 0.500. The predicted octanol–water partition coefficient (Wildman–Crippen LogP) is 3.64. The zero-order valence-corrected chi connectivity index (χ0v) is 12.6. The molecule has 0 atom stereocenters. The fourth-order valence-corrected chi connectivity index (χ4v) is 4.20. The highest BCUT2D eigenvalue weighted by Gasteiger charge is 2.73. The molecule has 0 saturated heterocycles. The van der Waals surface area contributed by atoms with Gasteiger partial charge in [0.15, 0.2) is 0 Å². The molecule has 1 aromatic heterocycles. The minimum absolute atomic E-state index is 0.0535. The number of benzene rings is 1. The van der Waals surface area contributed by atoms with E-state index in [9.17, 15) is 26.7 Å². The Hall–Kier alpha value is -1.99. The lowest BCUT2D eigenvalue weighted by atomic mass is 9.34. The van der Waals surface area contributed by atoms with E-state index < -0.39 is 34.6 Å². The lowest BCUT2D eigenvalue weighted by Crippen LogP contribution is -2.69. The third kappa shape index (κ3) is 1.82. The minimum Gasteiger partial charge on any atom is -0.308 e. The van der Waals surface area contributed by atoms with Crippen molar-refractivity contribution in [3.05, 3.63) is 39.8 Å². The molecule has 3 aliphatic carbocycles. The molecule has 0 unspecified atom stereocenters. The van der Waals surface area contributed by atoms with Crippen molar-refractivity contribution in [2.75, 3.05) is 0 Å². The van der Waals surface area contributed by atoms with Crippen LogP contribution in [0.15, 0.2) is 23.0 Å². The van der Waals surface area contributed by atoms with Gasteiger partial charge in [0, 0.05) is 17.9 Å². The van der Waals surface area contributed by atoms with E-state index in [1.54, 1.807) is 0 Å². The first-order chi connectivity index (χ1) is 11.1. The Morgan fingerprint density at radius 1 is 1.21 bits per heavy atom. The molecule has 0 aliphatic heterocycles. The number of halogens is 5. The molecule has 24 heavy (non-hydrogen) atoms. The zero-order valence-electron chi connectivity index (χ0n) is 12.6. The standard InChI is InChI=1S/C16H13F5N2O/c1-23-10-3-2-8(16(19,20)21)4-9(10)22-11(12(23)24)14-5-15(6-14,7-14)13(17)18/h2-4,13H,5-7H2,1H3. The summed E-state index contributed by atoms with van der Waals surface area (Å²) in [5.41, 5.74) is -2.56. The van der Waals surface area contributed by atoms with Crippen LogP contribution in [0.2, 0.25) is 0 Å². The fourth-order valence-electron chi connectivity index (χ4n) is 4.20. The number of hydrogen-bond acceptors (Lipinski definition) is 2. The molecule has 0 amide bonds. The van der Waals surface area contributed by atoms with E-state index in [4.69, 9.17) is 0 Å². The first-order valence-electron chi connectivity index (χ1n) is 7.45. The number of rotatable bonds is 2. The van der Waals surface area contributed by atoms with Crippen LogP contribution >= 0.6 is 0 Å². The average Bonchev–Trinajstić information content (AvgIpc) is 2.39. The third-order valence-electron chi connectivity index (χ3n) is 5.44. The SMILES string of the molecule is Cn1c(=O)c(C23CC(C(F)F)(C2)C3)nc2cc(C(F)(F)F)ccc21. The Morgan fingerprint density at radius 2 is 1.83 bits per heavy atom. The lowest BCUT2D eigenvalue weighted by Gasteiger charge is -2.69. The van der Waals surface area contributed by atoms with Gasteiger partial charge < -0.3 is 4.57 Å². The highest BCUT2D eigenvalue weighted by molar-refractivity contribution is 5.76. The number of alkyl halides is 5. The van der Waals surface area contributed by atoms with Gasteiger partial charge in [-0.3, -0.25) is 4.79 Å². The molecule has 3 nitrogen and oxygen atoms in total. The minimum atomic E-state index is -4.51. The van der Waals surface area contributed by atoms with Gasteiger partial charge in [-0.2, -0.15) is 13.2 Å². The number of hydrogen-bond donors (Lipinski definition) is 0. The van der Waals surface area contributed by atoms with Crippen LogP contribution < -0.4 is 5.56 Å². The zero-order chi connectivity index (χ0) is 17.5. The molecule has 128 valence electrons. The van der Waals surface area contributed by atoms with Crippen molar-refractivity contribution < 1.29 is 22.0 Å². The molecule has 1 aromatic carbocycles. The van der Waals surface area contributed by atoms with Gasteiger partial charge in [0.1, 0.15) is 5.69 Å². The second-order valence-electron chi connectivity index (χ2n) is 7.00. The quantitative estimate of drug-likeness (QED) is 0.780. The highest BCUT2D eigenvalue weighted by Crippen LogP contribution is 2.74. The molecule has 5 rings (SSSR count). The molecule has 3 aliphatic rings. The largest absolute Gasteiger partial charge is 0.416 e. The maximum atomic E-state index is 13.0. The summed E-state index contributed by atoms with van der Waals surface area (Å²) >= 11 is 0. The molecule has 8 heteroatoms. The summed E-state index contributed by atoms with van der Waals surface area (Å²) in [6, 6.07) is 3.00. The molecule has 3 saturated carbocycles. The lowest BCUT2D eigenvalue weighted by molar-refractivity contribution is -0.223. The predicted molar refractivity (Wildman–Crippen MR) is 76.0 cm³/mol. The van der Waals surface area contributed by atoms with Crippen LogP contribution in [0, 0.1) is 5.41 Å². The van der Waals surface area contributed by atoms with Gasteiger partial charge in [-0.05, 0) is 37.5 Å². The van der Waals surface area contributed by atoms with E-state index in [1.807, 2.05) is 0 Å². The number of nitrogens with zero attached hydrogens (tertiary/aromatic N) is 2. The van der Waals surface area contributed by atoms with Gasteiger partial charge in [0.2, 0.25) is 6.43 Å². The second kappa shape index (κ2) is 4.34. The van der Waals surface area contributed by atoms with Crippen LogP contribution in [0.4, 0.5) is 22.0 Å². The summed E-state index contributed by atoms with van der Waals surface area (Å²) in [6.07, 6.45) is -6.44. The molecular formula is C16H13F5N2O. The van der Waals surface area contributed by atoms with Gasteiger partial charge >= 0.3 is 6.18 Å². The third-order valence-corrected chi connectivity index (χ3v) is 5.44. The first kappa shape index (κ1) is 15.5. The molecule has 0 spiro atoms. The maximum Gasteiger partial charge on any atom is 0.416 e. The normalized spacial score (nSPS) is 28.8. The first-order valence-corrected chi connectivity index (χ1v) is 7.45. The molecule has 2 bridgehead atoms. The van der Waals surface area contributed by atoms with Crippen molar-refractivity contribution >= 4 is 11.0 Å². The smallest absolute Gasteiger partial charge is 0.308 e. The van der Waals surface area contributed by atoms with E-state index in [-0.39, 0.29) is 36.0 Å².